The first kappa shape index (κ1) is 22.7. The van der Waals surface area contributed by atoms with Gasteiger partial charge >= 0.3 is 5.51 Å². The summed E-state index contributed by atoms with van der Waals surface area (Å²) in [4.78, 5) is 13.0. The molecule has 0 fully saturated rings. The Balaban J connectivity index is 2.49. The maximum atomic E-state index is 13.2. The third kappa shape index (κ3) is 3.74. The molecule has 30 heavy (non-hydrogen) atoms. The first-order valence-corrected chi connectivity index (χ1v) is 13.0. The van der Waals surface area contributed by atoms with Crippen LogP contribution >= 0.6 is 11.3 Å². The summed E-state index contributed by atoms with van der Waals surface area (Å²) in [6, 6.07) is 8.91. The van der Waals surface area contributed by atoms with Crippen LogP contribution in [-0.4, -0.2) is 28.6 Å². The highest BCUT2D eigenvalue weighted by Gasteiger charge is 2.50. The van der Waals surface area contributed by atoms with Crippen LogP contribution in [0.2, 0.25) is 0 Å². The van der Waals surface area contributed by atoms with Crippen LogP contribution in [0.15, 0.2) is 41.2 Å². The lowest BCUT2D eigenvalue weighted by Crippen LogP contribution is -2.28. The summed E-state index contributed by atoms with van der Waals surface area (Å²) in [5, 5.41) is -2.86. The van der Waals surface area contributed by atoms with Gasteiger partial charge in [-0.05, 0) is 43.2 Å². The van der Waals surface area contributed by atoms with Crippen molar-refractivity contribution in [3.8, 4) is 0 Å². The quantitative estimate of drug-likeness (QED) is 0.515. The second-order valence-corrected chi connectivity index (χ2v) is 12.7. The van der Waals surface area contributed by atoms with Gasteiger partial charge < -0.3 is 0 Å². The highest BCUT2D eigenvalue weighted by Crippen LogP contribution is 2.41. The summed E-state index contributed by atoms with van der Waals surface area (Å²) < 4.78 is 88.5. The standard InChI is InChI=1S/C19H17F3O5S3/c1-10(29(3,24)25)12-8-14(11(2)30(26,27)19(20,21)22)18-15(9-12)17(23)13-6-4-5-7-16(13)28-18/h4-11H,1-3H3. The van der Waals surface area contributed by atoms with E-state index in [1.54, 1.807) is 24.3 Å². The first-order valence-electron chi connectivity index (χ1n) is 8.64. The van der Waals surface area contributed by atoms with Crippen LogP contribution in [-0.2, 0) is 19.7 Å². The molecule has 0 radical (unpaired) electrons. The molecular weight excluding hydrogens is 461 g/mol. The van der Waals surface area contributed by atoms with E-state index in [2.05, 4.69) is 0 Å². The van der Waals surface area contributed by atoms with Gasteiger partial charge in [0.2, 0.25) is 0 Å². The van der Waals surface area contributed by atoms with Crippen LogP contribution in [0.25, 0.3) is 20.2 Å². The van der Waals surface area contributed by atoms with Crippen molar-refractivity contribution in [1.29, 1.82) is 0 Å². The Kier molecular flexibility index (Phi) is 5.53. The predicted octanol–water partition coefficient (Wildman–Crippen LogP) is 4.52. The second-order valence-electron chi connectivity index (χ2n) is 7.02. The van der Waals surface area contributed by atoms with E-state index in [0.29, 0.717) is 10.1 Å². The summed E-state index contributed by atoms with van der Waals surface area (Å²) in [5.41, 5.74) is -6.19. The number of rotatable bonds is 4. The van der Waals surface area contributed by atoms with Crippen LogP contribution < -0.4 is 5.43 Å². The van der Waals surface area contributed by atoms with Crippen molar-refractivity contribution < 1.29 is 30.0 Å². The number of benzene rings is 2. The van der Waals surface area contributed by atoms with Gasteiger partial charge in [-0.2, -0.15) is 13.2 Å². The van der Waals surface area contributed by atoms with Crippen molar-refractivity contribution in [3.05, 3.63) is 57.7 Å². The van der Waals surface area contributed by atoms with E-state index in [-0.39, 0.29) is 21.2 Å². The second kappa shape index (κ2) is 7.31. The van der Waals surface area contributed by atoms with E-state index in [0.717, 1.165) is 30.6 Å². The Labute approximate surface area is 175 Å². The largest absolute Gasteiger partial charge is 0.497 e. The Morgan fingerprint density at radius 1 is 0.933 bits per heavy atom. The summed E-state index contributed by atoms with van der Waals surface area (Å²) in [6.07, 6.45) is 0.957. The maximum absolute atomic E-state index is 13.2. The van der Waals surface area contributed by atoms with Crippen molar-refractivity contribution in [1.82, 2.24) is 0 Å². The van der Waals surface area contributed by atoms with Crippen LogP contribution in [0.1, 0.15) is 35.5 Å². The molecule has 0 spiro atoms. The first-order chi connectivity index (χ1) is 13.7. The number of sulfone groups is 2. The van der Waals surface area contributed by atoms with Gasteiger partial charge in [0.05, 0.1) is 10.5 Å². The molecule has 3 aromatic rings. The van der Waals surface area contributed by atoms with E-state index in [9.17, 15) is 34.8 Å². The molecule has 0 saturated heterocycles. The number of hydrogen-bond donors (Lipinski definition) is 0. The molecule has 5 nitrogen and oxygen atoms in total. The molecule has 0 N–H and O–H groups in total. The molecule has 2 atom stereocenters. The molecule has 0 saturated carbocycles. The third-order valence-electron chi connectivity index (χ3n) is 5.07. The monoisotopic (exact) mass is 478 g/mol. The minimum absolute atomic E-state index is 0.00840. The predicted molar refractivity (Wildman–Crippen MR) is 112 cm³/mol. The minimum Gasteiger partial charge on any atom is -0.289 e. The van der Waals surface area contributed by atoms with Gasteiger partial charge in [0.25, 0.3) is 9.84 Å². The molecular formula is C19H17F3O5S3. The van der Waals surface area contributed by atoms with Gasteiger partial charge in [-0.1, -0.05) is 18.2 Å². The lowest BCUT2D eigenvalue weighted by atomic mass is 10.0. The highest BCUT2D eigenvalue weighted by atomic mass is 32.2. The highest BCUT2D eigenvalue weighted by molar-refractivity contribution is 7.92. The van der Waals surface area contributed by atoms with Gasteiger partial charge in [0, 0.05) is 26.4 Å². The normalized spacial score (nSPS) is 15.4. The topological polar surface area (TPSA) is 85.3 Å². The average molecular weight is 479 g/mol. The van der Waals surface area contributed by atoms with Crippen molar-refractivity contribution >= 4 is 51.2 Å². The van der Waals surface area contributed by atoms with E-state index in [1.807, 2.05) is 0 Å². The Morgan fingerprint density at radius 3 is 2.10 bits per heavy atom. The van der Waals surface area contributed by atoms with Gasteiger partial charge in [0.1, 0.15) is 0 Å². The molecule has 0 aliphatic carbocycles. The van der Waals surface area contributed by atoms with Gasteiger partial charge in [-0.25, -0.2) is 16.8 Å². The fourth-order valence-corrected chi connectivity index (χ4v) is 5.99. The summed E-state index contributed by atoms with van der Waals surface area (Å²) in [6.45, 7) is 2.22. The number of fused-ring (bicyclic) bond motifs is 2. The zero-order chi connectivity index (χ0) is 22.6. The SMILES string of the molecule is CC(c1cc(C(C)S(=O)(=O)C(F)(F)F)c2sc3ccccc3c(=O)c2c1)S(C)(=O)=O. The molecule has 2 unspecified atom stereocenters. The zero-order valence-electron chi connectivity index (χ0n) is 16.0. The summed E-state index contributed by atoms with van der Waals surface area (Å²) >= 11 is 0.994. The number of alkyl halides is 3. The Morgan fingerprint density at radius 2 is 1.53 bits per heavy atom. The lowest BCUT2D eigenvalue weighted by molar-refractivity contribution is -0.0443. The summed E-state index contributed by atoms with van der Waals surface area (Å²) in [7, 11) is -9.27. The average Bonchev–Trinajstić information content (AvgIpc) is 2.65. The molecule has 2 aromatic carbocycles. The maximum Gasteiger partial charge on any atom is 0.497 e. The van der Waals surface area contributed by atoms with Gasteiger partial charge in [-0.3, -0.25) is 4.79 Å². The fourth-order valence-electron chi connectivity index (χ4n) is 3.11. The van der Waals surface area contributed by atoms with E-state index >= 15 is 0 Å². The van der Waals surface area contributed by atoms with Gasteiger partial charge in [-0.15, -0.1) is 11.3 Å². The molecule has 11 heteroatoms. The lowest BCUT2D eigenvalue weighted by Gasteiger charge is -2.20. The van der Waals surface area contributed by atoms with Crippen LogP contribution in [0.4, 0.5) is 13.2 Å². The molecule has 162 valence electrons. The molecule has 1 aromatic heterocycles. The smallest absolute Gasteiger partial charge is 0.289 e. The molecule has 0 amide bonds. The molecule has 0 aliphatic rings. The summed E-state index contributed by atoms with van der Waals surface area (Å²) in [5.74, 6) is 0. The van der Waals surface area contributed by atoms with Gasteiger partial charge in [0.15, 0.2) is 15.3 Å². The van der Waals surface area contributed by atoms with Crippen LogP contribution in [0.5, 0.6) is 0 Å². The van der Waals surface area contributed by atoms with Crippen molar-refractivity contribution in [2.24, 2.45) is 0 Å². The molecule has 1 heterocycles. The van der Waals surface area contributed by atoms with Crippen molar-refractivity contribution in [3.63, 3.8) is 0 Å². The zero-order valence-corrected chi connectivity index (χ0v) is 18.5. The van der Waals surface area contributed by atoms with Crippen LogP contribution in [0.3, 0.4) is 0 Å². The Bertz CT molecular complexity index is 1420. The van der Waals surface area contributed by atoms with E-state index in [1.165, 1.54) is 13.0 Å². The molecule has 0 aliphatic heterocycles. The van der Waals surface area contributed by atoms with Crippen LogP contribution in [0, 0.1) is 0 Å². The van der Waals surface area contributed by atoms with Crippen molar-refractivity contribution in [2.45, 2.75) is 29.9 Å². The third-order valence-corrected chi connectivity index (χ3v) is 9.69. The fraction of sp³-hybridized carbons (Fsp3) is 0.316. The minimum atomic E-state index is -5.61. The number of halogens is 3. The van der Waals surface area contributed by atoms with E-state index in [4.69, 9.17) is 0 Å². The number of hydrogen-bond acceptors (Lipinski definition) is 6. The molecule has 0 bridgehead atoms. The van der Waals surface area contributed by atoms with Crippen molar-refractivity contribution in [2.75, 3.05) is 6.26 Å². The molecule has 3 rings (SSSR count). The van der Waals surface area contributed by atoms with E-state index < -0.39 is 41.1 Å². The Hall–Kier alpha value is -1.98.